The van der Waals surface area contributed by atoms with Gasteiger partial charge in [-0.2, -0.15) is 0 Å². The molecule has 118 valence electrons. The summed E-state index contributed by atoms with van der Waals surface area (Å²) in [5, 5.41) is 0. The molecular weight excluding hydrogens is 296 g/mol. The minimum Gasteiger partial charge on any atom is -0.236 e. The van der Waals surface area contributed by atoms with Crippen LogP contribution in [0.2, 0.25) is 0 Å². The zero-order valence-electron chi connectivity index (χ0n) is 13.4. The zero-order chi connectivity index (χ0) is 16.8. The highest BCUT2D eigenvalue weighted by atomic mass is 14.9. The molecule has 2 aromatic heterocycles. The average Bonchev–Trinajstić information content (AvgIpc) is 2.64. The molecule has 0 spiro atoms. The lowest BCUT2D eigenvalue weighted by Gasteiger charge is -2.04. The van der Waals surface area contributed by atoms with E-state index in [4.69, 9.17) is 0 Å². The quantitative estimate of drug-likeness (QED) is 0.644. The third-order valence-electron chi connectivity index (χ3n) is 3.59. The highest BCUT2D eigenvalue weighted by Crippen LogP contribution is 2.18. The van der Waals surface area contributed by atoms with Crippen molar-refractivity contribution in [3.05, 3.63) is 85.5 Å². The van der Waals surface area contributed by atoms with Crippen LogP contribution in [-0.4, -0.2) is 19.9 Å². The summed E-state index contributed by atoms with van der Waals surface area (Å²) in [4.78, 5) is 17.6. The lowest BCUT2D eigenvalue weighted by Crippen LogP contribution is -1.95. The Balaban J connectivity index is 1.79. The molecule has 3 aromatic rings. The molecular formula is C20H18N4. The highest BCUT2D eigenvalue weighted by Gasteiger charge is 2.05. The van der Waals surface area contributed by atoms with Gasteiger partial charge in [0.2, 0.25) is 0 Å². The van der Waals surface area contributed by atoms with Crippen LogP contribution in [0, 0.1) is 0 Å². The maximum atomic E-state index is 4.43. The lowest BCUT2D eigenvalue weighted by atomic mass is 10.1. The molecule has 0 aliphatic rings. The molecule has 0 amide bonds. The number of aromatic nitrogens is 4. The molecule has 0 bridgehead atoms. The highest BCUT2D eigenvalue weighted by molar-refractivity contribution is 5.58. The Bertz CT molecular complexity index is 747. The third-order valence-corrected chi connectivity index (χ3v) is 3.59. The van der Waals surface area contributed by atoms with Gasteiger partial charge in [-0.3, -0.25) is 0 Å². The molecule has 0 radical (unpaired) electrons. The van der Waals surface area contributed by atoms with Crippen molar-refractivity contribution in [2.24, 2.45) is 0 Å². The summed E-state index contributed by atoms with van der Waals surface area (Å²) in [6, 6.07) is 8.17. The van der Waals surface area contributed by atoms with Crippen LogP contribution >= 0.6 is 0 Å². The van der Waals surface area contributed by atoms with E-state index in [1.165, 1.54) is 5.56 Å². The molecule has 0 aliphatic carbocycles. The maximum absolute atomic E-state index is 4.43. The first-order valence-electron chi connectivity index (χ1n) is 7.74. The molecule has 3 rings (SSSR count). The predicted octanol–water partition coefficient (Wildman–Crippen LogP) is 4.06. The maximum Gasteiger partial charge on any atom is 0.162 e. The van der Waals surface area contributed by atoms with Gasteiger partial charge in [-0.15, -0.1) is 13.2 Å². The van der Waals surface area contributed by atoms with Crippen molar-refractivity contribution < 1.29 is 0 Å². The van der Waals surface area contributed by atoms with E-state index in [0.29, 0.717) is 11.6 Å². The first-order valence-corrected chi connectivity index (χ1v) is 7.74. The Labute approximate surface area is 141 Å². The van der Waals surface area contributed by atoms with Gasteiger partial charge in [-0.05, 0) is 24.0 Å². The molecule has 24 heavy (non-hydrogen) atoms. The van der Waals surface area contributed by atoms with Gasteiger partial charge in [0.25, 0.3) is 0 Å². The summed E-state index contributed by atoms with van der Waals surface area (Å²) < 4.78 is 0. The summed E-state index contributed by atoms with van der Waals surface area (Å²) in [7, 11) is 0. The van der Waals surface area contributed by atoms with Gasteiger partial charge in [0.1, 0.15) is 0 Å². The molecule has 0 N–H and O–H groups in total. The van der Waals surface area contributed by atoms with Crippen LogP contribution in [0.5, 0.6) is 0 Å². The van der Waals surface area contributed by atoms with E-state index >= 15 is 0 Å². The number of hydrogen-bond donors (Lipinski definition) is 0. The fraction of sp³-hybridized carbons (Fsp3) is 0.100. The van der Waals surface area contributed by atoms with Gasteiger partial charge >= 0.3 is 0 Å². The Morgan fingerprint density at radius 1 is 0.625 bits per heavy atom. The number of nitrogens with zero attached hydrogens (tertiary/aromatic N) is 4. The zero-order valence-corrected chi connectivity index (χ0v) is 13.4. The molecule has 0 aliphatic heterocycles. The standard InChI is InChI=1S/C20H18N4/c1-3-5-15-7-9-17(10-8-15)19-23-13-18(14-24-19)20-21-11-16(6-4-2)12-22-20/h3-4,7-14H,1-2,5-6H2. The van der Waals surface area contributed by atoms with Crippen LogP contribution in [0.3, 0.4) is 0 Å². The van der Waals surface area contributed by atoms with Gasteiger partial charge in [-0.1, -0.05) is 36.4 Å². The Morgan fingerprint density at radius 3 is 1.71 bits per heavy atom. The van der Waals surface area contributed by atoms with Crippen molar-refractivity contribution >= 4 is 0 Å². The van der Waals surface area contributed by atoms with Gasteiger partial charge in [-0.25, -0.2) is 19.9 Å². The van der Waals surface area contributed by atoms with Gasteiger partial charge in [0.05, 0.1) is 5.56 Å². The molecule has 4 nitrogen and oxygen atoms in total. The van der Waals surface area contributed by atoms with Gasteiger partial charge < -0.3 is 0 Å². The van der Waals surface area contributed by atoms with Crippen molar-refractivity contribution in [3.63, 3.8) is 0 Å². The smallest absolute Gasteiger partial charge is 0.162 e. The molecule has 2 heterocycles. The van der Waals surface area contributed by atoms with E-state index < -0.39 is 0 Å². The molecule has 4 heteroatoms. The predicted molar refractivity (Wildman–Crippen MR) is 96.3 cm³/mol. The van der Waals surface area contributed by atoms with Gasteiger partial charge in [0.15, 0.2) is 11.6 Å². The van der Waals surface area contributed by atoms with Crippen molar-refractivity contribution in [1.82, 2.24) is 19.9 Å². The Morgan fingerprint density at radius 2 is 1.12 bits per heavy atom. The fourth-order valence-corrected chi connectivity index (χ4v) is 2.33. The van der Waals surface area contributed by atoms with Crippen molar-refractivity contribution in [2.45, 2.75) is 12.8 Å². The summed E-state index contributed by atoms with van der Waals surface area (Å²) >= 11 is 0. The van der Waals surface area contributed by atoms with Crippen molar-refractivity contribution in [1.29, 1.82) is 0 Å². The topological polar surface area (TPSA) is 51.6 Å². The second-order valence-electron chi connectivity index (χ2n) is 5.39. The summed E-state index contributed by atoms with van der Waals surface area (Å²) in [6.07, 6.45) is 12.4. The number of hydrogen-bond acceptors (Lipinski definition) is 4. The van der Waals surface area contributed by atoms with Gasteiger partial charge in [0, 0.05) is 30.4 Å². The Kier molecular flexibility index (Phi) is 4.87. The van der Waals surface area contributed by atoms with Crippen LogP contribution in [0.4, 0.5) is 0 Å². The molecule has 0 fully saturated rings. The van der Waals surface area contributed by atoms with Crippen molar-refractivity contribution in [2.75, 3.05) is 0 Å². The van der Waals surface area contributed by atoms with Crippen LogP contribution in [-0.2, 0) is 12.8 Å². The molecule has 1 aromatic carbocycles. The van der Waals surface area contributed by atoms with Crippen LogP contribution in [0.1, 0.15) is 11.1 Å². The summed E-state index contributed by atoms with van der Waals surface area (Å²) in [6.45, 7) is 7.46. The largest absolute Gasteiger partial charge is 0.236 e. The first-order chi connectivity index (χ1) is 11.8. The van der Waals surface area contributed by atoms with Crippen LogP contribution < -0.4 is 0 Å². The molecule has 0 atom stereocenters. The van der Waals surface area contributed by atoms with E-state index in [1.54, 1.807) is 24.8 Å². The summed E-state index contributed by atoms with van der Waals surface area (Å²) in [5.74, 6) is 1.31. The van der Waals surface area contributed by atoms with E-state index in [1.807, 2.05) is 24.3 Å². The number of allylic oxidation sites excluding steroid dienone is 2. The monoisotopic (exact) mass is 314 g/mol. The van der Waals surface area contributed by atoms with Crippen LogP contribution in [0.25, 0.3) is 22.8 Å². The second-order valence-corrected chi connectivity index (χ2v) is 5.39. The molecule has 0 unspecified atom stereocenters. The normalized spacial score (nSPS) is 10.3. The fourth-order valence-electron chi connectivity index (χ4n) is 2.33. The van der Waals surface area contributed by atoms with E-state index in [0.717, 1.165) is 29.5 Å². The average molecular weight is 314 g/mol. The molecule has 0 saturated heterocycles. The summed E-state index contributed by atoms with van der Waals surface area (Å²) in [5.41, 5.74) is 4.04. The minimum atomic E-state index is 0.621. The van der Waals surface area contributed by atoms with E-state index in [-0.39, 0.29) is 0 Å². The SMILES string of the molecule is C=CCc1ccc(-c2ncc(-c3ncc(CC=C)cn3)cn2)cc1. The van der Waals surface area contributed by atoms with E-state index in [2.05, 4.69) is 45.2 Å². The molecule has 0 saturated carbocycles. The first kappa shape index (κ1) is 15.7. The third kappa shape index (κ3) is 3.60. The number of benzene rings is 1. The van der Waals surface area contributed by atoms with Crippen LogP contribution in [0.15, 0.2) is 74.4 Å². The van der Waals surface area contributed by atoms with Crippen molar-refractivity contribution in [3.8, 4) is 22.8 Å². The van der Waals surface area contributed by atoms with E-state index in [9.17, 15) is 0 Å². The minimum absolute atomic E-state index is 0.621. The second kappa shape index (κ2) is 7.42. The number of rotatable bonds is 6. The Hall–Kier alpha value is -3.14. The lowest BCUT2D eigenvalue weighted by molar-refractivity contribution is 1.08.